The predicted molar refractivity (Wildman–Crippen MR) is 345 cm³/mol. The summed E-state index contributed by atoms with van der Waals surface area (Å²) in [7, 11) is 0. The molecule has 2 aromatic heterocycles. The summed E-state index contributed by atoms with van der Waals surface area (Å²) in [5.41, 5.74) is 20.6. The Hall–Kier alpha value is -12.1. The summed E-state index contributed by atoms with van der Waals surface area (Å²) in [5, 5.41) is 28.1. The Balaban J connectivity index is 1.13. The van der Waals surface area contributed by atoms with E-state index in [1.807, 2.05) is 72.8 Å². The van der Waals surface area contributed by atoms with Crippen LogP contribution in [0.4, 0.5) is 11.4 Å². The van der Waals surface area contributed by atoms with Gasteiger partial charge in [0, 0.05) is 22.1 Å². The molecule has 0 saturated carbocycles. The number of hydrogen-bond acceptors (Lipinski definition) is 2. The molecule has 0 atom stereocenters. The highest BCUT2D eigenvalue weighted by atomic mass is 15.0. The maximum atomic E-state index is 10.2. The fourth-order valence-corrected chi connectivity index (χ4v) is 12.7. The van der Waals surface area contributed by atoms with E-state index in [4.69, 9.17) is 13.1 Å². The van der Waals surface area contributed by atoms with Crippen LogP contribution in [-0.4, -0.2) is 9.13 Å². The van der Waals surface area contributed by atoms with Gasteiger partial charge < -0.3 is 9.13 Å². The molecule has 2 heterocycles. The van der Waals surface area contributed by atoms with Gasteiger partial charge in [-0.15, -0.1) is 0 Å². The van der Waals surface area contributed by atoms with Crippen LogP contribution in [0.25, 0.3) is 153 Å². The van der Waals surface area contributed by atoms with Crippen molar-refractivity contribution in [2.45, 2.75) is 0 Å². The van der Waals surface area contributed by atoms with Crippen molar-refractivity contribution in [2.75, 3.05) is 0 Å². The zero-order valence-electron chi connectivity index (χ0n) is 45.1. The monoisotopic (exact) mass is 1060 g/mol. The van der Waals surface area contributed by atoms with Crippen molar-refractivity contribution >= 4 is 76.5 Å². The van der Waals surface area contributed by atoms with Crippen LogP contribution in [0.3, 0.4) is 0 Å². The SMILES string of the molecule is [C-]#[N+]c1ccc2c(c1)c1cc(C#N)ccc1n2-c1ccc2c(-c3cc(-c4ccccc4)cc(-c4ccccc4)c3)c3cc(-n4c5ccc(C#N)cc5c5cc([N+]#[C-])ccc54)ccc3c(-c3cc(-c4ccccc4)cc(-c4ccccc4)c3)c2c1. The van der Waals surface area contributed by atoms with Crippen LogP contribution in [0.2, 0.25) is 0 Å². The zero-order chi connectivity index (χ0) is 56.4. The van der Waals surface area contributed by atoms with E-state index in [9.17, 15) is 10.5 Å². The van der Waals surface area contributed by atoms with Crippen molar-refractivity contribution in [3.05, 3.63) is 301 Å². The topological polar surface area (TPSA) is 66.2 Å². The molecule has 0 aliphatic rings. The van der Waals surface area contributed by atoms with E-state index >= 15 is 0 Å². The predicted octanol–water partition coefficient (Wildman–Crippen LogP) is 21.0. The molecular weight excluding hydrogens is 1020 g/mol. The molecule has 0 N–H and O–H groups in total. The van der Waals surface area contributed by atoms with Crippen molar-refractivity contribution in [1.82, 2.24) is 9.13 Å². The van der Waals surface area contributed by atoms with Crippen LogP contribution in [-0.2, 0) is 0 Å². The van der Waals surface area contributed by atoms with Crippen LogP contribution in [0.5, 0.6) is 0 Å². The summed E-state index contributed by atoms with van der Waals surface area (Å²) in [6, 6.07) is 98.0. The first-order chi connectivity index (χ1) is 41.4. The minimum atomic E-state index is 0.529. The quantitative estimate of drug-likeness (QED) is 0.112. The van der Waals surface area contributed by atoms with E-state index in [-0.39, 0.29) is 0 Å². The van der Waals surface area contributed by atoms with Gasteiger partial charge in [0.1, 0.15) is 0 Å². The molecule has 15 rings (SSSR count). The smallest absolute Gasteiger partial charge is 0.188 e. The van der Waals surface area contributed by atoms with E-state index in [1.165, 1.54) is 0 Å². The lowest BCUT2D eigenvalue weighted by Gasteiger charge is -2.22. The number of nitriles is 2. The first-order valence-corrected chi connectivity index (χ1v) is 27.7. The van der Waals surface area contributed by atoms with Crippen molar-refractivity contribution in [2.24, 2.45) is 0 Å². The summed E-state index contributed by atoms with van der Waals surface area (Å²) in [6.45, 7) is 16.0. The van der Waals surface area contributed by atoms with E-state index < -0.39 is 0 Å². The van der Waals surface area contributed by atoms with Crippen LogP contribution in [0.1, 0.15) is 11.1 Å². The maximum Gasteiger partial charge on any atom is 0.188 e. The number of hydrogen-bond donors (Lipinski definition) is 0. The molecule has 0 aliphatic carbocycles. The van der Waals surface area contributed by atoms with Gasteiger partial charge in [0.25, 0.3) is 0 Å². The second kappa shape index (κ2) is 19.9. The highest BCUT2D eigenvalue weighted by Gasteiger charge is 2.24. The van der Waals surface area contributed by atoms with Gasteiger partial charge in [-0.3, -0.25) is 0 Å². The van der Waals surface area contributed by atoms with Gasteiger partial charge in [0.2, 0.25) is 0 Å². The molecule has 0 unspecified atom stereocenters. The summed E-state index contributed by atoms with van der Waals surface area (Å²) < 4.78 is 4.54. The zero-order valence-corrected chi connectivity index (χ0v) is 45.1. The second-order valence-corrected chi connectivity index (χ2v) is 21.3. The molecule has 6 heteroatoms. The molecule has 0 saturated heterocycles. The number of fused-ring (bicyclic) bond motifs is 8. The van der Waals surface area contributed by atoms with Gasteiger partial charge >= 0.3 is 0 Å². The lowest BCUT2D eigenvalue weighted by atomic mass is 9.83. The number of benzene rings is 13. The van der Waals surface area contributed by atoms with Gasteiger partial charge in [-0.1, -0.05) is 146 Å². The first-order valence-electron chi connectivity index (χ1n) is 27.7. The summed E-state index contributed by atoms with van der Waals surface area (Å²) in [5.74, 6) is 0. The number of nitrogens with zero attached hydrogens (tertiary/aromatic N) is 6. The molecule has 0 amide bonds. The Morgan fingerprint density at radius 3 is 0.893 bits per heavy atom. The molecule has 386 valence electrons. The molecule has 0 radical (unpaired) electrons. The average molecular weight is 1070 g/mol. The lowest BCUT2D eigenvalue weighted by Crippen LogP contribution is -1.99. The highest BCUT2D eigenvalue weighted by Crippen LogP contribution is 2.49. The summed E-state index contributed by atoms with van der Waals surface area (Å²) >= 11 is 0. The largest absolute Gasteiger partial charge is 0.309 e. The maximum absolute atomic E-state index is 10.2. The van der Waals surface area contributed by atoms with Crippen LogP contribution in [0.15, 0.2) is 267 Å². The van der Waals surface area contributed by atoms with Crippen molar-refractivity contribution in [3.8, 4) is 90.3 Å². The lowest BCUT2D eigenvalue weighted by molar-refractivity contribution is 1.18. The molecule has 0 aliphatic heterocycles. The number of rotatable bonds is 8. The molecule has 0 spiro atoms. The Bertz CT molecular complexity index is 4800. The van der Waals surface area contributed by atoms with Gasteiger partial charge in [-0.2, -0.15) is 10.5 Å². The van der Waals surface area contributed by atoms with E-state index in [0.29, 0.717) is 22.5 Å². The summed E-state index contributed by atoms with van der Waals surface area (Å²) in [6.07, 6.45) is 0. The summed E-state index contributed by atoms with van der Waals surface area (Å²) in [4.78, 5) is 7.66. The van der Waals surface area contributed by atoms with E-state index in [0.717, 1.165) is 143 Å². The molecule has 0 fully saturated rings. The number of aromatic nitrogens is 2. The standard InChI is InChI=1S/C78H44N6/c1-81-61-25-33-75-69(43-61)67-35-49(47-79)23-31-73(67)83(75)63-27-29-65-71(45-63)77(59-39-55(51-15-7-3-8-16-51)37-56(40-59)52-17-9-4-10-18-52)66-30-28-64(84-74-32-24-50(48-80)36-68(74)70-44-62(82-2)26-34-76(70)84)46-72(66)78(65)60-41-57(53-19-11-5-12-20-53)38-58(42-60)54-21-13-6-14-22-54/h3-46H. The van der Waals surface area contributed by atoms with Crippen molar-refractivity contribution in [3.63, 3.8) is 0 Å². The minimum absolute atomic E-state index is 0.529. The van der Waals surface area contributed by atoms with Crippen LogP contribution < -0.4 is 0 Å². The average Bonchev–Trinajstić information content (AvgIpc) is 1.86. The van der Waals surface area contributed by atoms with Gasteiger partial charge in [0.15, 0.2) is 11.4 Å². The minimum Gasteiger partial charge on any atom is -0.309 e. The molecule has 13 aromatic carbocycles. The van der Waals surface area contributed by atoms with Crippen molar-refractivity contribution in [1.29, 1.82) is 10.5 Å². The Morgan fingerprint density at radius 2 is 0.571 bits per heavy atom. The third-order valence-electron chi connectivity index (χ3n) is 16.5. The molecule has 84 heavy (non-hydrogen) atoms. The molecule has 6 nitrogen and oxygen atoms in total. The fraction of sp³-hybridized carbons (Fsp3) is 0. The Kier molecular flexibility index (Phi) is 11.6. The van der Waals surface area contributed by atoms with Gasteiger partial charge in [0.05, 0.1) is 58.5 Å². The van der Waals surface area contributed by atoms with Crippen LogP contribution in [0, 0.1) is 35.8 Å². The van der Waals surface area contributed by atoms with E-state index in [1.54, 1.807) is 0 Å². The van der Waals surface area contributed by atoms with Gasteiger partial charge in [-0.25, -0.2) is 9.69 Å². The van der Waals surface area contributed by atoms with Gasteiger partial charge in [-0.05, 0) is 220 Å². The molecule has 15 aromatic rings. The third-order valence-corrected chi connectivity index (χ3v) is 16.5. The Labute approximate surface area is 484 Å². The normalized spacial score (nSPS) is 11.3. The van der Waals surface area contributed by atoms with E-state index in [2.05, 4.69) is 225 Å². The second-order valence-electron chi connectivity index (χ2n) is 21.3. The van der Waals surface area contributed by atoms with Crippen molar-refractivity contribution < 1.29 is 0 Å². The molecular formula is C78H44N6. The fourth-order valence-electron chi connectivity index (χ4n) is 12.7. The first kappa shape index (κ1) is 49.0. The Morgan fingerprint density at radius 1 is 0.262 bits per heavy atom. The van der Waals surface area contributed by atoms with Crippen LogP contribution >= 0.6 is 0 Å². The molecule has 0 bridgehead atoms. The third kappa shape index (κ3) is 8.15. The highest BCUT2D eigenvalue weighted by molar-refractivity contribution is 6.23.